The van der Waals surface area contributed by atoms with E-state index in [2.05, 4.69) is 10.6 Å². The van der Waals surface area contributed by atoms with Crippen LogP contribution in [0.25, 0.3) is 0 Å². The third-order valence-electron chi connectivity index (χ3n) is 3.46. The second kappa shape index (κ2) is 5.95. The SMILES string of the molecule is O=C(Nc1cccc(NCc2cccc(F)c2)c1)C1CC1. The number of anilines is 2. The van der Waals surface area contributed by atoms with Crippen LogP contribution in [0.3, 0.4) is 0 Å². The van der Waals surface area contributed by atoms with E-state index >= 15 is 0 Å². The van der Waals surface area contributed by atoms with Crippen LogP contribution in [-0.2, 0) is 11.3 Å². The fourth-order valence-corrected chi connectivity index (χ4v) is 2.15. The van der Waals surface area contributed by atoms with E-state index in [4.69, 9.17) is 0 Å². The fraction of sp³-hybridized carbons (Fsp3) is 0.235. The molecule has 108 valence electrons. The maximum absolute atomic E-state index is 13.1. The second-order valence-electron chi connectivity index (χ2n) is 5.33. The first kappa shape index (κ1) is 13.6. The number of rotatable bonds is 5. The molecular weight excluding hydrogens is 267 g/mol. The molecule has 0 aliphatic heterocycles. The molecule has 2 N–H and O–H groups in total. The van der Waals surface area contributed by atoms with Gasteiger partial charge in [-0.15, -0.1) is 0 Å². The number of hydrogen-bond acceptors (Lipinski definition) is 2. The number of benzene rings is 2. The van der Waals surface area contributed by atoms with E-state index < -0.39 is 0 Å². The maximum atomic E-state index is 13.1. The van der Waals surface area contributed by atoms with Gasteiger partial charge in [0.2, 0.25) is 5.91 Å². The minimum Gasteiger partial charge on any atom is -0.381 e. The first-order valence-electron chi connectivity index (χ1n) is 7.10. The third kappa shape index (κ3) is 3.81. The van der Waals surface area contributed by atoms with Gasteiger partial charge in [0.15, 0.2) is 0 Å². The van der Waals surface area contributed by atoms with Gasteiger partial charge in [0, 0.05) is 23.8 Å². The van der Waals surface area contributed by atoms with Gasteiger partial charge in [0.25, 0.3) is 0 Å². The van der Waals surface area contributed by atoms with Crippen LogP contribution in [0.15, 0.2) is 48.5 Å². The predicted octanol–water partition coefficient (Wildman–Crippen LogP) is 3.79. The number of carbonyl (C=O) groups excluding carboxylic acids is 1. The summed E-state index contributed by atoms with van der Waals surface area (Å²) in [6.45, 7) is 0.539. The molecule has 3 nitrogen and oxygen atoms in total. The average Bonchev–Trinajstić information content (AvgIpc) is 3.30. The topological polar surface area (TPSA) is 41.1 Å². The molecular formula is C17H17FN2O. The van der Waals surface area contributed by atoms with Crippen LogP contribution >= 0.6 is 0 Å². The maximum Gasteiger partial charge on any atom is 0.227 e. The van der Waals surface area contributed by atoms with Crippen molar-refractivity contribution in [3.8, 4) is 0 Å². The van der Waals surface area contributed by atoms with Gasteiger partial charge in [0.05, 0.1) is 0 Å². The van der Waals surface area contributed by atoms with Crippen molar-refractivity contribution in [2.75, 3.05) is 10.6 Å². The normalized spacial score (nSPS) is 13.8. The van der Waals surface area contributed by atoms with Crippen LogP contribution in [-0.4, -0.2) is 5.91 Å². The molecule has 1 fully saturated rings. The van der Waals surface area contributed by atoms with Crippen LogP contribution in [0.4, 0.5) is 15.8 Å². The summed E-state index contributed by atoms with van der Waals surface area (Å²) in [5, 5.41) is 6.14. The Morgan fingerprint density at radius 1 is 1.10 bits per heavy atom. The number of carbonyl (C=O) groups is 1. The van der Waals surface area contributed by atoms with Crippen molar-refractivity contribution in [2.24, 2.45) is 5.92 Å². The molecule has 1 aliphatic carbocycles. The predicted molar refractivity (Wildman–Crippen MR) is 81.5 cm³/mol. The standard InChI is InChI=1S/C17H17FN2O/c18-14-4-1-3-12(9-14)11-19-15-5-2-6-16(10-15)20-17(21)13-7-8-13/h1-6,9-10,13,19H,7-8,11H2,(H,20,21). The molecule has 0 aromatic heterocycles. The lowest BCUT2D eigenvalue weighted by atomic mass is 10.2. The van der Waals surface area contributed by atoms with E-state index in [9.17, 15) is 9.18 Å². The molecule has 0 bridgehead atoms. The summed E-state index contributed by atoms with van der Waals surface area (Å²) in [6.07, 6.45) is 1.98. The van der Waals surface area contributed by atoms with Gasteiger partial charge in [0.1, 0.15) is 5.82 Å². The lowest BCUT2D eigenvalue weighted by molar-refractivity contribution is -0.117. The summed E-state index contributed by atoms with van der Waals surface area (Å²) in [7, 11) is 0. The average molecular weight is 284 g/mol. The second-order valence-corrected chi connectivity index (χ2v) is 5.33. The van der Waals surface area contributed by atoms with E-state index in [-0.39, 0.29) is 17.6 Å². The van der Waals surface area contributed by atoms with Gasteiger partial charge in [-0.05, 0) is 48.7 Å². The highest BCUT2D eigenvalue weighted by molar-refractivity contribution is 5.94. The van der Waals surface area contributed by atoms with Gasteiger partial charge in [-0.3, -0.25) is 4.79 Å². The smallest absolute Gasteiger partial charge is 0.227 e. The summed E-state index contributed by atoms with van der Waals surface area (Å²) >= 11 is 0. The Hall–Kier alpha value is -2.36. The van der Waals surface area contributed by atoms with Crippen molar-refractivity contribution < 1.29 is 9.18 Å². The Morgan fingerprint density at radius 2 is 1.86 bits per heavy atom. The summed E-state index contributed by atoms with van der Waals surface area (Å²) < 4.78 is 13.1. The first-order chi connectivity index (χ1) is 10.2. The Morgan fingerprint density at radius 3 is 2.62 bits per heavy atom. The Balaban J connectivity index is 1.61. The summed E-state index contributed by atoms with van der Waals surface area (Å²) in [5.74, 6) is 0.0472. The molecule has 0 atom stereocenters. The highest BCUT2D eigenvalue weighted by Gasteiger charge is 2.29. The van der Waals surface area contributed by atoms with Gasteiger partial charge in [-0.25, -0.2) is 4.39 Å². The van der Waals surface area contributed by atoms with Gasteiger partial charge in [-0.1, -0.05) is 18.2 Å². The number of nitrogens with one attached hydrogen (secondary N) is 2. The minimum absolute atomic E-state index is 0.0947. The first-order valence-corrected chi connectivity index (χ1v) is 7.10. The van der Waals surface area contributed by atoms with Gasteiger partial charge < -0.3 is 10.6 Å². The summed E-state index contributed by atoms with van der Waals surface area (Å²) in [6, 6.07) is 14.1. The molecule has 0 radical (unpaired) electrons. The lowest BCUT2D eigenvalue weighted by Gasteiger charge is -2.09. The largest absolute Gasteiger partial charge is 0.381 e. The molecule has 0 heterocycles. The molecule has 3 rings (SSSR count). The van der Waals surface area contributed by atoms with Crippen LogP contribution in [0.2, 0.25) is 0 Å². The molecule has 1 aliphatic rings. The van der Waals surface area contributed by atoms with Crippen molar-refractivity contribution in [2.45, 2.75) is 19.4 Å². The molecule has 4 heteroatoms. The number of amides is 1. The molecule has 0 saturated heterocycles. The number of halogens is 1. The summed E-state index contributed by atoms with van der Waals surface area (Å²) in [4.78, 5) is 11.7. The molecule has 1 saturated carbocycles. The molecule has 21 heavy (non-hydrogen) atoms. The summed E-state index contributed by atoms with van der Waals surface area (Å²) in [5.41, 5.74) is 2.56. The van der Waals surface area contributed by atoms with E-state index in [1.807, 2.05) is 30.3 Å². The minimum atomic E-state index is -0.236. The molecule has 2 aromatic rings. The molecule has 0 unspecified atom stereocenters. The molecule has 0 spiro atoms. The van der Waals surface area contributed by atoms with Crippen molar-refractivity contribution in [1.29, 1.82) is 0 Å². The number of hydrogen-bond donors (Lipinski definition) is 2. The van der Waals surface area contributed by atoms with E-state index in [0.717, 1.165) is 29.8 Å². The zero-order valence-corrected chi connectivity index (χ0v) is 11.6. The highest BCUT2D eigenvalue weighted by Crippen LogP contribution is 2.30. The highest BCUT2D eigenvalue weighted by atomic mass is 19.1. The van der Waals surface area contributed by atoms with Crippen LogP contribution in [0.5, 0.6) is 0 Å². The van der Waals surface area contributed by atoms with Crippen molar-refractivity contribution in [1.82, 2.24) is 0 Å². The zero-order chi connectivity index (χ0) is 14.7. The Labute approximate surface area is 123 Å². The van der Waals surface area contributed by atoms with E-state index in [0.29, 0.717) is 6.54 Å². The van der Waals surface area contributed by atoms with E-state index in [1.54, 1.807) is 6.07 Å². The van der Waals surface area contributed by atoms with Crippen LogP contribution in [0, 0.1) is 11.7 Å². The molecule has 2 aromatic carbocycles. The quantitative estimate of drug-likeness (QED) is 0.877. The Bertz CT molecular complexity index is 653. The lowest BCUT2D eigenvalue weighted by Crippen LogP contribution is -2.13. The Kier molecular flexibility index (Phi) is 3.86. The van der Waals surface area contributed by atoms with Crippen molar-refractivity contribution >= 4 is 17.3 Å². The van der Waals surface area contributed by atoms with Crippen molar-refractivity contribution in [3.05, 3.63) is 59.9 Å². The van der Waals surface area contributed by atoms with Crippen LogP contribution < -0.4 is 10.6 Å². The third-order valence-corrected chi connectivity index (χ3v) is 3.46. The van der Waals surface area contributed by atoms with Gasteiger partial charge >= 0.3 is 0 Å². The molecule has 1 amide bonds. The van der Waals surface area contributed by atoms with Crippen LogP contribution in [0.1, 0.15) is 18.4 Å². The van der Waals surface area contributed by atoms with Crippen molar-refractivity contribution in [3.63, 3.8) is 0 Å². The fourth-order valence-electron chi connectivity index (χ4n) is 2.15. The van der Waals surface area contributed by atoms with E-state index in [1.165, 1.54) is 12.1 Å². The monoisotopic (exact) mass is 284 g/mol. The zero-order valence-electron chi connectivity index (χ0n) is 11.6. The van der Waals surface area contributed by atoms with Gasteiger partial charge in [-0.2, -0.15) is 0 Å².